The number of fused-ring (bicyclic) bond motifs is 1. The number of anilines is 2. The van der Waals surface area contributed by atoms with Gasteiger partial charge in [-0.2, -0.15) is 0 Å². The van der Waals surface area contributed by atoms with Crippen LogP contribution in [0.1, 0.15) is 30.1 Å². The van der Waals surface area contributed by atoms with E-state index in [9.17, 15) is 24.0 Å². The van der Waals surface area contributed by atoms with Gasteiger partial charge in [0.25, 0.3) is 5.56 Å². The molecule has 10 nitrogen and oxygen atoms in total. The Morgan fingerprint density at radius 2 is 1.94 bits per heavy atom. The van der Waals surface area contributed by atoms with Crippen LogP contribution in [0.5, 0.6) is 0 Å². The first kappa shape index (κ1) is 22.3. The molecule has 31 heavy (non-hydrogen) atoms. The lowest BCUT2D eigenvalue weighted by atomic mass is 10.2. The maximum atomic E-state index is 12.6. The highest BCUT2D eigenvalue weighted by atomic mass is 32.2. The van der Waals surface area contributed by atoms with E-state index in [1.54, 1.807) is 12.1 Å². The van der Waals surface area contributed by atoms with Crippen LogP contribution < -0.4 is 22.3 Å². The average Bonchev–Trinajstić information content (AvgIpc) is 2.74. The second kappa shape index (κ2) is 9.21. The van der Waals surface area contributed by atoms with E-state index < -0.39 is 40.4 Å². The summed E-state index contributed by atoms with van der Waals surface area (Å²) in [6.07, 6.45) is 0.316. The molecule has 0 saturated carbocycles. The summed E-state index contributed by atoms with van der Waals surface area (Å²) in [7, 11) is 1.25. The number of hydrogen-bond acceptors (Lipinski definition) is 8. The number of Topliss-reactive ketones (excluding diaryl/α,β-unsaturated/α-hetero) is 1. The van der Waals surface area contributed by atoms with Gasteiger partial charge in [-0.1, -0.05) is 19.1 Å². The molecule has 1 aromatic heterocycles. The topological polar surface area (TPSA) is 142 Å². The standard InChI is InChI=1S/C20H22N4O6S/c1-3-8-24-17(21)16(19(28)23(2)20(24)29)12(25)10-30-15(26)9-14-18(27)22-11-6-4-5-7-13(11)31-14/h4-7,14H,3,8-10,21H2,1-2H3,(H,22,27). The largest absolute Gasteiger partial charge is 0.457 e. The summed E-state index contributed by atoms with van der Waals surface area (Å²) < 4.78 is 6.93. The Hall–Kier alpha value is -3.34. The molecule has 11 heteroatoms. The minimum Gasteiger partial charge on any atom is -0.457 e. The molecule has 0 saturated heterocycles. The van der Waals surface area contributed by atoms with E-state index in [1.165, 1.54) is 18.8 Å². The van der Waals surface area contributed by atoms with E-state index in [0.717, 1.165) is 14.0 Å². The van der Waals surface area contributed by atoms with Crippen molar-refractivity contribution in [2.24, 2.45) is 7.05 Å². The quantitative estimate of drug-likeness (QED) is 0.469. The first-order valence-corrected chi connectivity index (χ1v) is 10.5. The molecule has 1 aliphatic rings. The second-order valence-electron chi connectivity index (χ2n) is 6.94. The third kappa shape index (κ3) is 4.55. The minimum absolute atomic E-state index is 0.230. The molecule has 2 aromatic rings. The van der Waals surface area contributed by atoms with Gasteiger partial charge in [0.1, 0.15) is 11.4 Å². The normalized spacial score (nSPS) is 15.2. The molecule has 1 amide bonds. The molecule has 3 rings (SSSR count). The monoisotopic (exact) mass is 446 g/mol. The minimum atomic E-state index is -0.852. The molecule has 3 N–H and O–H groups in total. The van der Waals surface area contributed by atoms with Gasteiger partial charge in [0.2, 0.25) is 11.7 Å². The lowest BCUT2D eigenvalue weighted by Crippen LogP contribution is -2.43. The van der Waals surface area contributed by atoms with Gasteiger partial charge in [0.15, 0.2) is 6.61 Å². The number of para-hydroxylation sites is 1. The Kier molecular flexibility index (Phi) is 6.64. The van der Waals surface area contributed by atoms with Gasteiger partial charge in [-0.3, -0.25) is 28.3 Å². The van der Waals surface area contributed by atoms with Crippen LogP contribution in [0.15, 0.2) is 38.8 Å². The summed E-state index contributed by atoms with van der Waals surface area (Å²) in [5.74, 6) is -2.17. The molecule has 0 fully saturated rings. The lowest BCUT2D eigenvalue weighted by Gasteiger charge is -2.23. The van der Waals surface area contributed by atoms with Gasteiger partial charge in [-0.05, 0) is 18.6 Å². The third-order valence-corrected chi connectivity index (χ3v) is 6.01. The van der Waals surface area contributed by atoms with Crippen LogP contribution in [-0.2, 0) is 27.9 Å². The van der Waals surface area contributed by atoms with Gasteiger partial charge >= 0.3 is 11.7 Å². The molecule has 0 bridgehead atoms. The van der Waals surface area contributed by atoms with E-state index in [2.05, 4.69) is 5.32 Å². The van der Waals surface area contributed by atoms with Gasteiger partial charge in [-0.25, -0.2) is 4.79 Å². The van der Waals surface area contributed by atoms with Crippen molar-refractivity contribution < 1.29 is 19.1 Å². The molecule has 2 heterocycles. The first-order valence-electron chi connectivity index (χ1n) is 9.59. The molecular formula is C20H22N4O6S. The molecule has 1 aromatic carbocycles. The molecule has 1 atom stereocenters. The number of thioether (sulfide) groups is 1. The second-order valence-corrected chi connectivity index (χ2v) is 8.18. The number of nitrogens with one attached hydrogen (secondary N) is 1. The Morgan fingerprint density at radius 1 is 1.23 bits per heavy atom. The number of esters is 1. The van der Waals surface area contributed by atoms with E-state index >= 15 is 0 Å². The van der Waals surface area contributed by atoms with Gasteiger partial charge < -0.3 is 15.8 Å². The van der Waals surface area contributed by atoms with Crippen LogP contribution in [0.4, 0.5) is 11.5 Å². The van der Waals surface area contributed by atoms with Crippen molar-refractivity contribution in [1.82, 2.24) is 9.13 Å². The summed E-state index contributed by atoms with van der Waals surface area (Å²) >= 11 is 1.23. The van der Waals surface area contributed by atoms with E-state index in [-0.39, 0.29) is 24.7 Å². The van der Waals surface area contributed by atoms with Crippen molar-refractivity contribution in [3.63, 3.8) is 0 Å². The van der Waals surface area contributed by atoms with Crippen LogP contribution >= 0.6 is 11.8 Å². The molecule has 164 valence electrons. The maximum Gasteiger partial charge on any atom is 0.332 e. The number of benzene rings is 1. The Bertz CT molecular complexity index is 1170. The first-order chi connectivity index (χ1) is 14.7. The number of hydrogen-bond donors (Lipinski definition) is 2. The number of carbonyl (C=O) groups excluding carboxylic acids is 3. The molecule has 1 unspecified atom stereocenters. The summed E-state index contributed by atoms with van der Waals surface area (Å²) in [6, 6.07) is 7.20. The fourth-order valence-electron chi connectivity index (χ4n) is 3.14. The van der Waals surface area contributed by atoms with E-state index in [0.29, 0.717) is 12.1 Å². The van der Waals surface area contributed by atoms with Crippen molar-refractivity contribution in [2.45, 2.75) is 36.5 Å². The SMILES string of the molecule is CCCn1c(N)c(C(=O)COC(=O)CC2Sc3ccccc3NC2=O)c(=O)n(C)c1=O. The number of nitrogens with zero attached hydrogens (tertiary/aromatic N) is 2. The number of ether oxygens (including phenoxy) is 1. The number of ketones is 1. The van der Waals surface area contributed by atoms with E-state index in [4.69, 9.17) is 10.5 Å². The van der Waals surface area contributed by atoms with Crippen molar-refractivity contribution >= 4 is 40.9 Å². The number of nitrogen functional groups attached to an aromatic ring is 1. The fraction of sp³-hybridized carbons (Fsp3) is 0.350. The molecule has 1 aliphatic heterocycles. The van der Waals surface area contributed by atoms with Crippen LogP contribution in [0.2, 0.25) is 0 Å². The third-order valence-electron chi connectivity index (χ3n) is 4.73. The number of amides is 1. The van der Waals surface area contributed by atoms with Crippen molar-refractivity contribution in [2.75, 3.05) is 17.7 Å². The van der Waals surface area contributed by atoms with Gasteiger partial charge in [0.05, 0.1) is 17.4 Å². The summed E-state index contributed by atoms with van der Waals surface area (Å²) in [4.78, 5) is 62.4. The molecule has 0 aliphatic carbocycles. The number of aromatic nitrogens is 2. The lowest BCUT2D eigenvalue weighted by molar-refractivity contribution is -0.143. The predicted molar refractivity (Wildman–Crippen MR) is 115 cm³/mol. The van der Waals surface area contributed by atoms with Crippen molar-refractivity contribution in [3.8, 4) is 0 Å². The van der Waals surface area contributed by atoms with Crippen LogP contribution in [-0.4, -0.2) is 38.7 Å². The molecular weight excluding hydrogens is 424 g/mol. The summed E-state index contributed by atoms with van der Waals surface area (Å²) in [5, 5.41) is 2.02. The van der Waals surface area contributed by atoms with Crippen LogP contribution in [0.3, 0.4) is 0 Å². The van der Waals surface area contributed by atoms with E-state index in [1.807, 2.05) is 19.1 Å². The summed E-state index contributed by atoms with van der Waals surface area (Å²) in [5.41, 5.74) is 4.68. The van der Waals surface area contributed by atoms with Crippen LogP contribution in [0.25, 0.3) is 0 Å². The number of rotatable bonds is 7. The zero-order chi connectivity index (χ0) is 22.7. The average molecular weight is 446 g/mol. The Balaban J connectivity index is 1.69. The Labute approximate surface area is 181 Å². The Morgan fingerprint density at radius 3 is 2.65 bits per heavy atom. The highest BCUT2D eigenvalue weighted by Crippen LogP contribution is 2.36. The van der Waals surface area contributed by atoms with Crippen LogP contribution in [0, 0.1) is 0 Å². The van der Waals surface area contributed by atoms with Gasteiger partial charge in [-0.15, -0.1) is 11.8 Å². The van der Waals surface area contributed by atoms with Crippen molar-refractivity contribution in [3.05, 3.63) is 50.7 Å². The zero-order valence-electron chi connectivity index (χ0n) is 17.0. The van der Waals surface area contributed by atoms with Gasteiger partial charge in [0, 0.05) is 18.5 Å². The smallest absolute Gasteiger partial charge is 0.332 e. The fourth-order valence-corrected chi connectivity index (χ4v) is 4.24. The number of nitrogens with two attached hydrogens (primary N) is 1. The predicted octanol–water partition coefficient (Wildman–Crippen LogP) is 0.768. The highest BCUT2D eigenvalue weighted by Gasteiger charge is 2.30. The molecule has 0 spiro atoms. The zero-order valence-corrected chi connectivity index (χ0v) is 17.9. The number of carbonyl (C=O) groups is 3. The van der Waals surface area contributed by atoms with Crippen molar-refractivity contribution in [1.29, 1.82) is 0 Å². The molecule has 0 radical (unpaired) electrons. The summed E-state index contributed by atoms with van der Waals surface area (Å²) in [6.45, 7) is 1.32. The maximum absolute atomic E-state index is 12.6. The highest BCUT2D eigenvalue weighted by molar-refractivity contribution is 8.01.